The Morgan fingerprint density at radius 1 is 1.05 bits per heavy atom. The van der Waals surface area contributed by atoms with Crippen LogP contribution in [0, 0.1) is 5.41 Å². The van der Waals surface area contributed by atoms with Crippen LogP contribution in [0.15, 0.2) is 113 Å². The maximum Gasteiger partial charge on any atom is 0.338 e. The van der Waals surface area contributed by atoms with E-state index < -0.39 is 0 Å². The van der Waals surface area contributed by atoms with Crippen LogP contribution < -0.4 is 5.32 Å². The summed E-state index contributed by atoms with van der Waals surface area (Å²) in [6.45, 7) is 10.1. The van der Waals surface area contributed by atoms with Gasteiger partial charge in [-0.2, -0.15) is 0 Å². The number of aromatic nitrogens is 1. The van der Waals surface area contributed by atoms with Gasteiger partial charge < -0.3 is 10.1 Å². The Morgan fingerprint density at radius 2 is 1.74 bits per heavy atom. The molecular weight excluding hydrogens is 494 g/mol. The van der Waals surface area contributed by atoms with Crippen molar-refractivity contribution in [3.63, 3.8) is 0 Å². The highest BCUT2D eigenvalue weighted by Crippen LogP contribution is 2.33. The summed E-state index contributed by atoms with van der Waals surface area (Å²) < 4.78 is 5.04. The van der Waals surface area contributed by atoms with Gasteiger partial charge in [-0.25, -0.2) is 4.79 Å². The first-order valence-corrected chi connectivity index (χ1v) is 13.0. The molecule has 0 saturated heterocycles. The Hall–Kier alpha value is -4.23. The molecule has 1 amide bonds. The summed E-state index contributed by atoms with van der Waals surface area (Å²) in [4.78, 5) is 30.8. The predicted octanol–water partition coefficient (Wildman–Crippen LogP) is 6.74. The third-order valence-corrected chi connectivity index (χ3v) is 6.87. The van der Waals surface area contributed by atoms with E-state index in [9.17, 15) is 9.59 Å². The monoisotopic (exact) mass is 527 g/mol. The van der Waals surface area contributed by atoms with Gasteiger partial charge >= 0.3 is 5.97 Å². The molecular formula is C31H33N3O3S. The first-order chi connectivity index (χ1) is 18.3. The fourth-order valence-corrected chi connectivity index (χ4v) is 4.45. The van der Waals surface area contributed by atoms with Crippen LogP contribution in [0.2, 0.25) is 0 Å². The number of carbonyl (C=O) groups is 2. The minimum atomic E-state index is -0.380. The Kier molecular flexibility index (Phi) is 10.4. The van der Waals surface area contributed by atoms with Crippen molar-refractivity contribution >= 4 is 29.4 Å². The van der Waals surface area contributed by atoms with Crippen molar-refractivity contribution in [3.8, 4) is 0 Å². The van der Waals surface area contributed by atoms with Gasteiger partial charge in [0.2, 0.25) is 0 Å². The molecule has 1 heterocycles. The van der Waals surface area contributed by atoms with Crippen molar-refractivity contribution in [1.29, 1.82) is 5.41 Å². The Balaban J connectivity index is 0.00000533. The third kappa shape index (κ3) is 7.63. The summed E-state index contributed by atoms with van der Waals surface area (Å²) >= 11 is 1.53. The topological polar surface area (TPSA) is 92.1 Å². The van der Waals surface area contributed by atoms with E-state index in [0.29, 0.717) is 35.6 Å². The number of allylic oxidation sites excluding steroid dienone is 3. The highest BCUT2D eigenvalue weighted by Gasteiger charge is 2.14. The van der Waals surface area contributed by atoms with E-state index in [0.717, 1.165) is 26.6 Å². The van der Waals surface area contributed by atoms with Crippen molar-refractivity contribution in [1.82, 2.24) is 10.3 Å². The van der Waals surface area contributed by atoms with Crippen LogP contribution in [0.4, 0.5) is 0 Å². The average molecular weight is 528 g/mol. The molecule has 0 unspecified atom stereocenters. The zero-order valence-corrected chi connectivity index (χ0v) is 22.6. The smallest absolute Gasteiger partial charge is 0.338 e. The predicted molar refractivity (Wildman–Crippen MR) is 155 cm³/mol. The Bertz CT molecular complexity index is 1380. The molecule has 3 aromatic rings. The molecule has 6 nitrogen and oxygen atoms in total. The number of hydrogen-bond acceptors (Lipinski definition) is 6. The van der Waals surface area contributed by atoms with Crippen LogP contribution in [0.3, 0.4) is 0 Å². The van der Waals surface area contributed by atoms with Gasteiger partial charge in [-0.15, -0.1) is 0 Å². The molecule has 0 bridgehead atoms. The highest BCUT2D eigenvalue weighted by molar-refractivity contribution is 8.03. The van der Waals surface area contributed by atoms with E-state index in [1.165, 1.54) is 11.8 Å². The number of rotatable bonds is 11. The fraction of sp³-hybridized carbons (Fsp3) is 0.161. The van der Waals surface area contributed by atoms with Crippen molar-refractivity contribution < 1.29 is 15.8 Å². The van der Waals surface area contributed by atoms with Gasteiger partial charge in [0.15, 0.2) is 0 Å². The van der Waals surface area contributed by atoms with Gasteiger partial charge in [-0.05, 0) is 67.7 Å². The largest absolute Gasteiger partial charge is 0.462 e. The average Bonchev–Trinajstić information content (AvgIpc) is 2.95. The van der Waals surface area contributed by atoms with Crippen LogP contribution >= 0.6 is 11.8 Å². The summed E-state index contributed by atoms with van der Waals surface area (Å²) in [7, 11) is 0. The van der Waals surface area contributed by atoms with Crippen molar-refractivity contribution in [2.24, 2.45) is 0 Å². The number of hydrogen-bond donors (Lipinski definition) is 2. The van der Waals surface area contributed by atoms with Crippen LogP contribution in [0.1, 0.15) is 49.4 Å². The SMILES string of the molecule is C=C/C(=C\C(C)=C(/C)Sc1ccccc1C(=N)c1ccc(C(=O)OCC)cc1)C(=O)NCc1ccccn1.[HH]. The number of carbonyl (C=O) groups excluding carboxylic acids is 2. The van der Waals surface area contributed by atoms with Gasteiger partial charge in [0.1, 0.15) is 0 Å². The maximum absolute atomic E-state index is 12.7. The second-order valence-electron chi connectivity index (χ2n) is 8.32. The normalized spacial score (nSPS) is 11.8. The quantitative estimate of drug-likeness (QED) is 0.0948. The molecule has 2 N–H and O–H groups in total. The lowest BCUT2D eigenvalue weighted by atomic mass is 10.0. The zero-order chi connectivity index (χ0) is 27.5. The lowest BCUT2D eigenvalue weighted by Crippen LogP contribution is -2.24. The molecule has 7 heteroatoms. The van der Waals surface area contributed by atoms with Crippen LogP contribution in [-0.4, -0.2) is 29.2 Å². The molecule has 0 atom stereocenters. The van der Waals surface area contributed by atoms with E-state index in [2.05, 4.69) is 16.9 Å². The van der Waals surface area contributed by atoms with E-state index in [-0.39, 0.29) is 13.3 Å². The van der Waals surface area contributed by atoms with Crippen LogP contribution in [0.25, 0.3) is 0 Å². The number of pyridine rings is 1. The van der Waals surface area contributed by atoms with Gasteiger partial charge in [0.05, 0.1) is 30.1 Å². The molecule has 0 fully saturated rings. The number of ether oxygens (including phenoxy) is 1. The zero-order valence-electron chi connectivity index (χ0n) is 21.8. The summed E-state index contributed by atoms with van der Waals surface area (Å²) in [5.74, 6) is -0.605. The standard InChI is InChI=1S/C31H31N3O3S.H2/c1-5-23(30(35)34-20-26-11-9-10-18-33-26)19-21(3)22(4)38-28-13-8-7-12-27(28)29(32)24-14-16-25(17-15-24)31(36)37-6-2;/h5,7-19,32H,1,6,20H2,2-4H3,(H,34,35);1H/b22-21+,23-19+,32-29?;. The highest BCUT2D eigenvalue weighted by atomic mass is 32.2. The lowest BCUT2D eigenvalue weighted by Gasteiger charge is -2.13. The van der Waals surface area contributed by atoms with Gasteiger partial charge in [0.25, 0.3) is 5.91 Å². The molecule has 0 radical (unpaired) electrons. The third-order valence-electron chi connectivity index (χ3n) is 5.67. The fourth-order valence-electron chi connectivity index (χ4n) is 3.48. The minimum Gasteiger partial charge on any atom is -0.462 e. The number of nitrogens with zero attached hydrogens (tertiary/aromatic N) is 1. The number of esters is 1. The summed E-state index contributed by atoms with van der Waals surface area (Å²) in [6, 6.07) is 20.1. The lowest BCUT2D eigenvalue weighted by molar-refractivity contribution is -0.117. The Morgan fingerprint density at radius 3 is 2.39 bits per heavy atom. The molecule has 0 spiro atoms. The van der Waals surface area contributed by atoms with Crippen molar-refractivity contribution in [2.75, 3.05) is 6.61 Å². The molecule has 38 heavy (non-hydrogen) atoms. The molecule has 1 aromatic heterocycles. The molecule has 0 aliphatic carbocycles. The molecule has 0 aliphatic heterocycles. The summed E-state index contributed by atoms with van der Waals surface area (Å²) in [5.41, 5.74) is 4.42. The molecule has 196 valence electrons. The van der Waals surface area contributed by atoms with E-state index in [4.69, 9.17) is 10.1 Å². The van der Waals surface area contributed by atoms with Gasteiger partial charge in [-0.1, -0.05) is 60.8 Å². The van der Waals surface area contributed by atoms with Crippen molar-refractivity contribution in [2.45, 2.75) is 32.2 Å². The summed E-state index contributed by atoms with van der Waals surface area (Å²) in [5, 5.41) is 11.7. The van der Waals surface area contributed by atoms with E-state index in [1.54, 1.807) is 43.5 Å². The number of thioether (sulfide) groups is 1. The minimum absolute atomic E-state index is 0. The van der Waals surface area contributed by atoms with Gasteiger partial charge in [-0.3, -0.25) is 15.2 Å². The number of amides is 1. The maximum atomic E-state index is 12.7. The van der Waals surface area contributed by atoms with Gasteiger partial charge in [0, 0.05) is 29.2 Å². The van der Waals surface area contributed by atoms with Crippen LogP contribution in [-0.2, 0) is 16.1 Å². The second kappa shape index (κ2) is 13.9. The Labute approximate surface area is 229 Å². The van der Waals surface area contributed by atoms with E-state index >= 15 is 0 Å². The number of benzene rings is 2. The van der Waals surface area contributed by atoms with E-state index in [1.807, 2.05) is 62.4 Å². The molecule has 3 rings (SSSR count). The number of nitrogens with one attached hydrogen (secondary N) is 2. The molecule has 0 saturated carbocycles. The molecule has 2 aromatic carbocycles. The van der Waals surface area contributed by atoms with Crippen molar-refractivity contribution in [3.05, 3.63) is 130 Å². The molecule has 0 aliphatic rings. The first kappa shape index (κ1) is 28.3. The van der Waals surface area contributed by atoms with Crippen LogP contribution in [0.5, 0.6) is 0 Å². The first-order valence-electron chi connectivity index (χ1n) is 12.2. The second-order valence-corrected chi connectivity index (χ2v) is 9.57. The summed E-state index contributed by atoms with van der Waals surface area (Å²) in [6.07, 6.45) is 5.04.